The third kappa shape index (κ3) is 1.66. The van der Waals surface area contributed by atoms with Crippen LogP contribution in [0.15, 0.2) is 12.1 Å². The first kappa shape index (κ1) is 9.29. The first-order valence-corrected chi connectivity index (χ1v) is 5.16. The van der Waals surface area contributed by atoms with E-state index in [1.165, 1.54) is 4.88 Å². The zero-order valence-corrected chi connectivity index (χ0v) is 8.66. The van der Waals surface area contributed by atoms with Gasteiger partial charge in [-0.1, -0.05) is 0 Å². The number of aromatic nitrogens is 4. The number of nitrogens with zero attached hydrogens (tertiary/aromatic N) is 4. The summed E-state index contributed by atoms with van der Waals surface area (Å²) >= 11 is 1.68. The number of hydrogen-bond acceptors (Lipinski definition) is 5. The van der Waals surface area contributed by atoms with Crippen molar-refractivity contribution in [2.24, 2.45) is 5.73 Å². The molecule has 0 bridgehead atoms. The van der Waals surface area contributed by atoms with E-state index in [2.05, 4.69) is 28.5 Å². The molecule has 2 aromatic heterocycles. The van der Waals surface area contributed by atoms with Gasteiger partial charge >= 0.3 is 0 Å². The summed E-state index contributed by atoms with van der Waals surface area (Å²) in [5, 5.41) is 11.5. The molecule has 14 heavy (non-hydrogen) atoms. The molecule has 0 aliphatic carbocycles. The molecule has 5 nitrogen and oxygen atoms in total. The topological polar surface area (TPSA) is 69.6 Å². The molecular weight excluding hydrogens is 198 g/mol. The summed E-state index contributed by atoms with van der Waals surface area (Å²) in [6, 6.07) is 4.08. The van der Waals surface area contributed by atoms with Crippen molar-refractivity contribution in [2.45, 2.75) is 13.5 Å². The highest BCUT2D eigenvalue weighted by Gasteiger charge is 2.09. The lowest BCUT2D eigenvalue weighted by molar-refractivity contribution is 0.603. The molecule has 0 aliphatic rings. The quantitative estimate of drug-likeness (QED) is 0.806. The molecule has 0 unspecified atom stereocenters. The van der Waals surface area contributed by atoms with Gasteiger partial charge in [0.15, 0.2) is 5.82 Å². The maximum Gasteiger partial charge on any atom is 0.192 e. The lowest BCUT2D eigenvalue weighted by Crippen LogP contribution is -2.12. The molecule has 0 aromatic carbocycles. The first-order valence-electron chi connectivity index (χ1n) is 4.34. The van der Waals surface area contributed by atoms with E-state index in [1.807, 2.05) is 6.07 Å². The fraction of sp³-hybridized carbons (Fsp3) is 0.375. The van der Waals surface area contributed by atoms with Crippen molar-refractivity contribution in [1.29, 1.82) is 0 Å². The lowest BCUT2D eigenvalue weighted by Gasteiger charge is -1.98. The van der Waals surface area contributed by atoms with Gasteiger partial charge in [0.2, 0.25) is 0 Å². The summed E-state index contributed by atoms with van der Waals surface area (Å²) in [5.74, 6) is 0.800. The molecule has 2 aromatic rings. The number of thiophene rings is 1. The summed E-state index contributed by atoms with van der Waals surface area (Å²) in [7, 11) is 0. The highest BCUT2D eigenvalue weighted by Crippen LogP contribution is 2.24. The molecule has 2 rings (SSSR count). The van der Waals surface area contributed by atoms with Crippen LogP contribution in [-0.2, 0) is 6.54 Å². The Morgan fingerprint density at radius 3 is 3.00 bits per heavy atom. The molecule has 6 heteroatoms. The molecule has 0 amide bonds. The Hall–Kier alpha value is -1.27. The molecule has 0 atom stereocenters. The zero-order valence-electron chi connectivity index (χ0n) is 7.84. The van der Waals surface area contributed by atoms with Crippen molar-refractivity contribution in [2.75, 3.05) is 6.54 Å². The molecule has 0 saturated carbocycles. The van der Waals surface area contributed by atoms with Crippen LogP contribution in [0.1, 0.15) is 4.88 Å². The summed E-state index contributed by atoms with van der Waals surface area (Å²) < 4.78 is 1.73. The summed E-state index contributed by atoms with van der Waals surface area (Å²) in [4.78, 5) is 2.34. The predicted octanol–water partition coefficient (Wildman–Crippen LogP) is 0.669. The van der Waals surface area contributed by atoms with E-state index in [4.69, 9.17) is 5.73 Å². The van der Waals surface area contributed by atoms with Gasteiger partial charge in [-0.3, -0.25) is 0 Å². The van der Waals surface area contributed by atoms with Crippen molar-refractivity contribution in [3.05, 3.63) is 17.0 Å². The third-order valence-electron chi connectivity index (χ3n) is 1.83. The van der Waals surface area contributed by atoms with E-state index in [1.54, 1.807) is 16.0 Å². The van der Waals surface area contributed by atoms with Crippen molar-refractivity contribution in [1.82, 2.24) is 20.2 Å². The van der Waals surface area contributed by atoms with Gasteiger partial charge in [-0.15, -0.1) is 16.4 Å². The minimum absolute atomic E-state index is 0.544. The smallest absolute Gasteiger partial charge is 0.192 e. The van der Waals surface area contributed by atoms with Crippen LogP contribution in [0.5, 0.6) is 0 Å². The molecule has 0 aliphatic heterocycles. The summed E-state index contributed by atoms with van der Waals surface area (Å²) in [6.07, 6.45) is 0. The lowest BCUT2D eigenvalue weighted by atomic mass is 10.4. The van der Waals surface area contributed by atoms with Crippen molar-refractivity contribution in [3.63, 3.8) is 0 Å². The molecule has 0 spiro atoms. The molecule has 0 saturated heterocycles. The molecular formula is C8H11N5S. The predicted molar refractivity (Wildman–Crippen MR) is 54.9 cm³/mol. The van der Waals surface area contributed by atoms with E-state index in [9.17, 15) is 0 Å². The Balaban J connectivity index is 2.36. The molecule has 0 fully saturated rings. The van der Waals surface area contributed by atoms with Gasteiger partial charge in [-0.05, 0) is 29.5 Å². The third-order valence-corrected chi connectivity index (χ3v) is 2.83. The second kappa shape index (κ2) is 3.85. The van der Waals surface area contributed by atoms with Crippen molar-refractivity contribution < 1.29 is 0 Å². The maximum absolute atomic E-state index is 5.46. The minimum atomic E-state index is 0.544. The SMILES string of the molecule is Cc1ccc(-c2nnnn2CCN)s1. The Morgan fingerprint density at radius 2 is 2.36 bits per heavy atom. The maximum atomic E-state index is 5.46. The number of aryl methyl sites for hydroxylation is 1. The van der Waals surface area contributed by atoms with E-state index < -0.39 is 0 Å². The Kier molecular flexibility index (Phi) is 2.55. The van der Waals surface area contributed by atoms with Crippen LogP contribution < -0.4 is 5.73 Å². The fourth-order valence-corrected chi connectivity index (χ4v) is 2.07. The van der Waals surface area contributed by atoms with E-state index >= 15 is 0 Å². The van der Waals surface area contributed by atoms with E-state index in [-0.39, 0.29) is 0 Å². The Bertz CT molecular complexity index is 419. The van der Waals surface area contributed by atoms with Gasteiger partial charge in [0, 0.05) is 11.4 Å². The largest absolute Gasteiger partial charge is 0.329 e. The second-order valence-electron chi connectivity index (χ2n) is 2.92. The molecule has 2 heterocycles. The number of hydrogen-bond donors (Lipinski definition) is 1. The van der Waals surface area contributed by atoms with Crippen molar-refractivity contribution in [3.8, 4) is 10.7 Å². The number of rotatable bonds is 3. The summed E-state index contributed by atoms with van der Waals surface area (Å²) in [5.41, 5.74) is 5.46. The fourth-order valence-electron chi connectivity index (χ4n) is 1.21. The van der Waals surface area contributed by atoms with Gasteiger partial charge in [0.1, 0.15) is 0 Å². The van der Waals surface area contributed by atoms with Crippen LogP contribution in [0.2, 0.25) is 0 Å². The highest BCUT2D eigenvalue weighted by molar-refractivity contribution is 7.15. The van der Waals surface area contributed by atoms with Crippen LogP contribution in [0.25, 0.3) is 10.7 Å². The van der Waals surface area contributed by atoms with Gasteiger partial charge in [-0.25, -0.2) is 4.68 Å². The standard InChI is InChI=1S/C8H11N5S/c1-6-2-3-7(14-6)8-10-11-12-13(8)5-4-9/h2-3H,4-5,9H2,1H3. The van der Waals surface area contributed by atoms with Crippen molar-refractivity contribution >= 4 is 11.3 Å². The number of tetrazole rings is 1. The Labute approximate surface area is 85.5 Å². The van der Waals surface area contributed by atoms with Crippen LogP contribution in [-0.4, -0.2) is 26.8 Å². The Morgan fingerprint density at radius 1 is 1.50 bits per heavy atom. The van der Waals surface area contributed by atoms with Crippen LogP contribution in [0.4, 0.5) is 0 Å². The van der Waals surface area contributed by atoms with Crippen LogP contribution in [0, 0.1) is 6.92 Å². The van der Waals surface area contributed by atoms with Gasteiger partial charge < -0.3 is 5.73 Å². The average molecular weight is 209 g/mol. The summed E-state index contributed by atoms with van der Waals surface area (Å²) in [6.45, 7) is 3.26. The molecule has 0 radical (unpaired) electrons. The van der Waals surface area contributed by atoms with Crippen LogP contribution >= 0.6 is 11.3 Å². The molecule has 74 valence electrons. The first-order chi connectivity index (χ1) is 6.81. The normalized spacial score (nSPS) is 10.7. The van der Waals surface area contributed by atoms with Crippen LogP contribution in [0.3, 0.4) is 0 Å². The second-order valence-corrected chi connectivity index (χ2v) is 4.21. The van der Waals surface area contributed by atoms with Gasteiger partial charge in [0.25, 0.3) is 0 Å². The minimum Gasteiger partial charge on any atom is -0.329 e. The van der Waals surface area contributed by atoms with Gasteiger partial charge in [0.05, 0.1) is 11.4 Å². The number of nitrogens with two attached hydrogens (primary N) is 1. The zero-order chi connectivity index (χ0) is 9.97. The van der Waals surface area contributed by atoms with E-state index in [0.29, 0.717) is 13.1 Å². The highest BCUT2D eigenvalue weighted by atomic mass is 32.1. The van der Waals surface area contributed by atoms with Gasteiger partial charge in [-0.2, -0.15) is 0 Å². The monoisotopic (exact) mass is 209 g/mol. The average Bonchev–Trinajstić information content (AvgIpc) is 2.74. The van der Waals surface area contributed by atoms with E-state index in [0.717, 1.165) is 10.7 Å². The molecule has 2 N–H and O–H groups in total.